The summed E-state index contributed by atoms with van der Waals surface area (Å²) in [6, 6.07) is 5.68. The molecule has 0 aromatic heterocycles. The van der Waals surface area contributed by atoms with Gasteiger partial charge in [-0.3, -0.25) is 19.2 Å². The lowest BCUT2D eigenvalue weighted by atomic mass is 9.80. The first-order valence-corrected chi connectivity index (χ1v) is 12.7. The maximum absolute atomic E-state index is 13.8. The van der Waals surface area contributed by atoms with Gasteiger partial charge in [0.1, 0.15) is 18.1 Å². The van der Waals surface area contributed by atoms with E-state index < -0.39 is 52.9 Å². The van der Waals surface area contributed by atoms with Crippen LogP contribution in [0.3, 0.4) is 0 Å². The van der Waals surface area contributed by atoms with Gasteiger partial charge in [-0.1, -0.05) is 38.0 Å². The second-order valence-corrected chi connectivity index (χ2v) is 11.2. The first kappa shape index (κ1) is 26.0. The number of carbonyl (C=O) groups excluding carboxylic acids is 4. The second kappa shape index (κ2) is 8.99. The van der Waals surface area contributed by atoms with Crippen molar-refractivity contribution < 1.29 is 32.3 Å². The summed E-state index contributed by atoms with van der Waals surface area (Å²) in [4.78, 5) is 53.1. The number of nitriles is 1. The number of para-hydroxylation sites is 1. The van der Waals surface area contributed by atoms with E-state index in [0.29, 0.717) is 24.1 Å². The van der Waals surface area contributed by atoms with Gasteiger partial charge >= 0.3 is 12.1 Å². The highest BCUT2D eigenvalue weighted by Gasteiger charge is 2.57. The highest BCUT2D eigenvalue weighted by atomic mass is 19.4. The van der Waals surface area contributed by atoms with Gasteiger partial charge in [0.15, 0.2) is 0 Å². The fourth-order valence-electron chi connectivity index (χ4n) is 5.60. The molecule has 2 aliphatic heterocycles. The van der Waals surface area contributed by atoms with Gasteiger partial charge in [0.05, 0.1) is 11.5 Å². The van der Waals surface area contributed by atoms with Crippen LogP contribution in [0, 0.1) is 22.7 Å². The molecule has 3 fully saturated rings. The van der Waals surface area contributed by atoms with Gasteiger partial charge in [-0.15, -0.1) is 0 Å². The molecule has 2 saturated carbocycles. The molecule has 1 aromatic carbocycles. The van der Waals surface area contributed by atoms with Crippen molar-refractivity contribution in [1.82, 2.24) is 15.5 Å². The number of nitrogens with zero attached hydrogens (tertiary/aromatic N) is 2. The Morgan fingerprint density at radius 3 is 2.50 bits per heavy atom. The Bertz CT molecular complexity index is 1240. The number of hydrogen-bond donors (Lipinski definition) is 3. The van der Waals surface area contributed by atoms with Crippen molar-refractivity contribution in [3.63, 3.8) is 0 Å². The molecule has 0 bridgehead atoms. The Morgan fingerprint density at radius 2 is 1.89 bits per heavy atom. The van der Waals surface area contributed by atoms with Crippen LogP contribution in [0.25, 0.3) is 0 Å². The van der Waals surface area contributed by atoms with E-state index in [4.69, 9.17) is 0 Å². The SMILES string of the molecule is CC1([C@H](NC(=O)C(F)(F)F)C(=O)N[C@@H](CC2CC2)C(=O)N2C[C@]3(C[C@H]2C#N)C(=O)Nc2ccccc23)CC1. The molecule has 38 heavy (non-hydrogen) atoms. The highest BCUT2D eigenvalue weighted by Crippen LogP contribution is 2.49. The van der Waals surface area contributed by atoms with Crippen LogP contribution in [-0.2, 0) is 24.6 Å². The molecular formula is C26H28F3N5O4. The predicted molar refractivity (Wildman–Crippen MR) is 127 cm³/mol. The third-order valence-corrected chi connectivity index (χ3v) is 8.33. The molecule has 2 aliphatic carbocycles. The molecule has 4 aliphatic rings. The van der Waals surface area contributed by atoms with Crippen LogP contribution in [0.5, 0.6) is 0 Å². The smallest absolute Gasteiger partial charge is 0.342 e. The summed E-state index contributed by atoms with van der Waals surface area (Å²) in [6.07, 6.45) is -2.24. The minimum atomic E-state index is -5.16. The van der Waals surface area contributed by atoms with E-state index in [1.165, 1.54) is 4.90 Å². The molecule has 202 valence electrons. The van der Waals surface area contributed by atoms with E-state index in [1.807, 2.05) is 5.32 Å². The fourth-order valence-corrected chi connectivity index (χ4v) is 5.60. The van der Waals surface area contributed by atoms with Gasteiger partial charge in [0.25, 0.3) is 0 Å². The Kier molecular flexibility index (Phi) is 6.16. The third kappa shape index (κ3) is 4.59. The van der Waals surface area contributed by atoms with Crippen molar-refractivity contribution >= 4 is 29.3 Å². The molecule has 4 amide bonds. The van der Waals surface area contributed by atoms with Gasteiger partial charge in [-0.05, 0) is 42.2 Å². The highest BCUT2D eigenvalue weighted by molar-refractivity contribution is 6.07. The molecule has 9 nitrogen and oxygen atoms in total. The zero-order valence-corrected chi connectivity index (χ0v) is 20.7. The van der Waals surface area contributed by atoms with Crippen LogP contribution in [0.1, 0.15) is 51.0 Å². The lowest BCUT2D eigenvalue weighted by Crippen LogP contribution is -2.58. The van der Waals surface area contributed by atoms with Crippen LogP contribution < -0.4 is 16.0 Å². The standard InChI is InChI=1S/C26H28F3N5O4/c1-24(8-9-24)19(33-23(38)26(27,28)29)20(35)31-18(10-14-6-7-14)21(36)34-13-25(11-15(34)12-30)16-4-2-3-5-17(16)32-22(25)37/h2-5,14-15,18-19H,6-11,13H2,1H3,(H,31,35)(H,32,37)(H,33,38)/t15-,18-,19+,25-/m0/s1. The summed E-state index contributed by atoms with van der Waals surface area (Å²) < 4.78 is 38.9. The number of carbonyl (C=O) groups is 4. The first-order valence-electron chi connectivity index (χ1n) is 12.7. The van der Waals surface area contributed by atoms with E-state index in [1.54, 1.807) is 31.2 Å². The number of likely N-dealkylation sites (tertiary alicyclic amines) is 1. The Labute approximate surface area is 217 Å². The Hall–Kier alpha value is -3.62. The second-order valence-electron chi connectivity index (χ2n) is 11.2. The van der Waals surface area contributed by atoms with Gasteiger partial charge in [-0.25, -0.2) is 0 Å². The van der Waals surface area contributed by atoms with Crippen LogP contribution in [0.15, 0.2) is 24.3 Å². The van der Waals surface area contributed by atoms with E-state index in [0.717, 1.165) is 12.8 Å². The van der Waals surface area contributed by atoms with Crippen molar-refractivity contribution in [2.75, 3.05) is 11.9 Å². The number of nitrogens with one attached hydrogen (secondary N) is 3. The largest absolute Gasteiger partial charge is 0.471 e. The minimum absolute atomic E-state index is 0.0596. The number of rotatable bonds is 7. The molecule has 3 N–H and O–H groups in total. The summed E-state index contributed by atoms with van der Waals surface area (Å²) in [7, 11) is 0. The van der Waals surface area contributed by atoms with Crippen LogP contribution in [-0.4, -0.2) is 59.4 Å². The Balaban J connectivity index is 1.38. The van der Waals surface area contributed by atoms with Crippen molar-refractivity contribution in [2.24, 2.45) is 11.3 Å². The van der Waals surface area contributed by atoms with Crippen molar-refractivity contribution in [1.29, 1.82) is 5.26 Å². The number of halogens is 3. The number of hydrogen-bond acceptors (Lipinski definition) is 5. The lowest BCUT2D eigenvalue weighted by molar-refractivity contribution is -0.175. The zero-order chi connectivity index (χ0) is 27.5. The van der Waals surface area contributed by atoms with Gasteiger partial charge in [0.2, 0.25) is 17.7 Å². The average molecular weight is 532 g/mol. The molecule has 0 radical (unpaired) electrons. The molecular weight excluding hydrogens is 503 g/mol. The number of benzene rings is 1. The summed E-state index contributed by atoms with van der Waals surface area (Å²) >= 11 is 0. The summed E-state index contributed by atoms with van der Waals surface area (Å²) in [5.41, 5.74) is -0.644. The maximum Gasteiger partial charge on any atom is 0.471 e. The maximum atomic E-state index is 13.8. The molecule has 1 spiro atoms. The molecule has 1 aromatic rings. The number of alkyl halides is 3. The average Bonchev–Trinajstić information content (AvgIpc) is 3.78. The van der Waals surface area contributed by atoms with E-state index in [9.17, 15) is 37.6 Å². The topological polar surface area (TPSA) is 131 Å². The van der Waals surface area contributed by atoms with Gasteiger partial charge < -0.3 is 20.9 Å². The lowest BCUT2D eigenvalue weighted by Gasteiger charge is -2.30. The summed E-state index contributed by atoms with van der Waals surface area (Å²) in [6.45, 7) is 1.55. The molecule has 1 saturated heterocycles. The number of anilines is 1. The normalized spacial score (nSPS) is 26.7. The molecule has 5 rings (SSSR count). The quantitative estimate of drug-likeness (QED) is 0.496. The number of amides is 4. The van der Waals surface area contributed by atoms with Crippen LogP contribution in [0.4, 0.5) is 18.9 Å². The van der Waals surface area contributed by atoms with Crippen molar-refractivity contribution in [3.8, 4) is 6.07 Å². The zero-order valence-electron chi connectivity index (χ0n) is 20.7. The van der Waals surface area contributed by atoms with Crippen molar-refractivity contribution in [2.45, 2.75) is 75.2 Å². The minimum Gasteiger partial charge on any atom is -0.342 e. The molecule has 2 heterocycles. The van der Waals surface area contributed by atoms with Gasteiger partial charge in [-0.2, -0.15) is 18.4 Å². The summed E-state index contributed by atoms with van der Waals surface area (Å²) in [5, 5.41) is 17.1. The fraction of sp³-hybridized carbons (Fsp3) is 0.577. The van der Waals surface area contributed by atoms with Crippen LogP contribution in [0.2, 0.25) is 0 Å². The predicted octanol–water partition coefficient (Wildman–Crippen LogP) is 2.13. The Morgan fingerprint density at radius 1 is 1.21 bits per heavy atom. The molecule has 12 heteroatoms. The van der Waals surface area contributed by atoms with E-state index >= 15 is 0 Å². The molecule has 0 unspecified atom stereocenters. The van der Waals surface area contributed by atoms with Gasteiger partial charge in [0, 0.05) is 18.7 Å². The van der Waals surface area contributed by atoms with E-state index in [2.05, 4.69) is 16.7 Å². The third-order valence-electron chi connectivity index (χ3n) is 8.33. The molecule has 4 atom stereocenters. The van der Waals surface area contributed by atoms with Crippen molar-refractivity contribution in [3.05, 3.63) is 29.8 Å². The monoisotopic (exact) mass is 531 g/mol. The first-order chi connectivity index (χ1) is 17.9. The van der Waals surface area contributed by atoms with E-state index in [-0.39, 0.29) is 31.2 Å². The van der Waals surface area contributed by atoms with Crippen LogP contribution >= 0.6 is 0 Å². The number of fused-ring (bicyclic) bond motifs is 2. The summed E-state index contributed by atoms with van der Waals surface area (Å²) in [5.74, 6) is -3.81.